The van der Waals surface area contributed by atoms with Gasteiger partial charge in [-0.3, -0.25) is 9.52 Å². The van der Waals surface area contributed by atoms with Crippen molar-refractivity contribution in [2.45, 2.75) is 4.21 Å². The van der Waals surface area contributed by atoms with E-state index >= 15 is 0 Å². The van der Waals surface area contributed by atoms with Crippen LogP contribution in [0.2, 0.25) is 0 Å². The molecular weight excluding hydrogens is 441 g/mol. The number of anilines is 3. The van der Waals surface area contributed by atoms with Crippen LogP contribution in [0.5, 0.6) is 0 Å². The summed E-state index contributed by atoms with van der Waals surface area (Å²) in [6.45, 7) is 2.34. The highest BCUT2D eigenvalue weighted by atomic mass is 32.2. The van der Waals surface area contributed by atoms with Crippen molar-refractivity contribution >= 4 is 44.3 Å². The maximum atomic E-state index is 14.5. The summed E-state index contributed by atoms with van der Waals surface area (Å²) in [6, 6.07) is 13.7. The summed E-state index contributed by atoms with van der Waals surface area (Å²) in [6.07, 6.45) is 0. The van der Waals surface area contributed by atoms with Gasteiger partial charge in [0, 0.05) is 30.0 Å². The molecule has 1 aliphatic heterocycles. The van der Waals surface area contributed by atoms with Crippen LogP contribution < -0.4 is 14.9 Å². The second-order valence-electron chi connectivity index (χ2n) is 6.83. The Bertz CT molecular complexity index is 1160. The molecule has 0 bridgehead atoms. The number of carbonyl (C=O) groups excluding carboxylic acids is 1. The lowest BCUT2D eigenvalue weighted by atomic mass is 10.2. The Kier molecular flexibility index (Phi) is 6.21. The lowest BCUT2D eigenvalue weighted by Gasteiger charge is -2.29. The first kappa shape index (κ1) is 21.3. The molecule has 0 saturated carbocycles. The lowest BCUT2D eigenvalue weighted by Crippen LogP contribution is -2.36. The molecule has 2 heterocycles. The van der Waals surface area contributed by atoms with E-state index in [0.29, 0.717) is 48.9 Å². The normalized spacial score (nSPS) is 14.3. The van der Waals surface area contributed by atoms with Crippen molar-refractivity contribution in [3.8, 4) is 0 Å². The monoisotopic (exact) mass is 461 g/mol. The van der Waals surface area contributed by atoms with Crippen molar-refractivity contribution in [2.75, 3.05) is 41.2 Å². The Balaban J connectivity index is 1.41. The predicted octanol–water partition coefficient (Wildman–Crippen LogP) is 3.78. The molecule has 0 radical (unpaired) electrons. The van der Waals surface area contributed by atoms with Gasteiger partial charge in [0.25, 0.3) is 15.9 Å². The minimum Gasteiger partial charge on any atom is -0.378 e. The lowest BCUT2D eigenvalue weighted by molar-refractivity contribution is 0.102. The molecule has 162 valence electrons. The molecule has 0 unspecified atom stereocenters. The number of hydrogen-bond acceptors (Lipinski definition) is 6. The molecule has 4 rings (SSSR count). The van der Waals surface area contributed by atoms with Crippen LogP contribution in [0.3, 0.4) is 0 Å². The zero-order valence-electron chi connectivity index (χ0n) is 16.4. The standard InChI is InChI=1S/C21H20FN3O4S2/c22-18-14-17(7-8-19(18)25-9-11-29-12-10-25)23-21(26)15-3-5-16(6-4-15)24-31(27,28)20-2-1-13-30-20/h1-8,13-14,24H,9-12H2,(H,23,26). The molecule has 31 heavy (non-hydrogen) atoms. The summed E-state index contributed by atoms with van der Waals surface area (Å²) < 4.78 is 47.0. The number of ether oxygens (including phenoxy) is 1. The van der Waals surface area contributed by atoms with Gasteiger partial charge in [-0.15, -0.1) is 11.3 Å². The van der Waals surface area contributed by atoms with Gasteiger partial charge in [-0.2, -0.15) is 0 Å². The second-order valence-corrected chi connectivity index (χ2v) is 9.69. The van der Waals surface area contributed by atoms with E-state index in [4.69, 9.17) is 4.74 Å². The zero-order chi connectivity index (χ0) is 21.8. The van der Waals surface area contributed by atoms with Crippen LogP contribution in [-0.2, 0) is 14.8 Å². The molecule has 10 heteroatoms. The third-order valence-electron chi connectivity index (χ3n) is 4.72. The molecule has 7 nitrogen and oxygen atoms in total. The quantitative estimate of drug-likeness (QED) is 0.583. The zero-order valence-corrected chi connectivity index (χ0v) is 18.0. The SMILES string of the molecule is O=C(Nc1ccc(N2CCOCC2)c(F)c1)c1ccc(NS(=O)(=O)c2cccs2)cc1. The first-order valence-electron chi connectivity index (χ1n) is 9.52. The third kappa shape index (κ3) is 5.04. The van der Waals surface area contributed by atoms with Crippen molar-refractivity contribution in [3.63, 3.8) is 0 Å². The number of rotatable bonds is 6. The number of amides is 1. The van der Waals surface area contributed by atoms with E-state index in [1.807, 2.05) is 4.90 Å². The molecule has 0 atom stereocenters. The Morgan fingerprint density at radius 1 is 1.03 bits per heavy atom. The van der Waals surface area contributed by atoms with E-state index in [-0.39, 0.29) is 4.21 Å². The largest absolute Gasteiger partial charge is 0.378 e. The maximum absolute atomic E-state index is 14.5. The summed E-state index contributed by atoms with van der Waals surface area (Å²) in [7, 11) is -3.66. The summed E-state index contributed by atoms with van der Waals surface area (Å²) in [4.78, 5) is 14.4. The number of halogens is 1. The van der Waals surface area contributed by atoms with E-state index in [9.17, 15) is 17.6 Å². The number of nitrogens with one attached hydrogen (secondary N) is 2. The van der Waals surface area contributed by atoms with Crippen LogP contribution >= 0.6 is 11.3 Å². The van der Waals surface area contributed by atoms with Gasteiger partial charge in [-0.25, -0.2) is 12.8 Å². The molecule has 1 amide bonds. The van der Waals surface area contributed by atoms with Gasteiger partial charge in [0.05, 0.1) is 18.9 Å². The predicted molar refractivity (Wildman–Crippen MR) is 119 cm³/mol. The Morgan fingerprint density at radius 2 is 1.74 bits per heavy atom. The minimum absolute atomic E-state index is 0.205. The molecule has 2 aromatic carbocycles. The van der Waals surface area contributed by atoms with Gasteiger partial charge in [0.2, 0.25) is 0 Å². The molecule has 1 saturated heterocycles. The van der Waals surface area contributed by atoms with E-state index < -0.39 is 21.7 Å². The molecule has 0 aliphatic carbocycles. The minimum atomic E-state index is -3.66. The van der Waals surface area contributed by atoms with Crippen molar-refractivity contribution in [3.05, 3.63) is 71.4 Å². The number of thiophene rings is 1. The van der Waals surface area contributed by atoms with Crippen LogP contribution in [0.15, 0.2) is 64.2 Å². The van der Waals surface area contributed by atoms with Gasteiger partial charge in [-0.1, -0.05) is 6.07 Å². The molecule has 0 spiro atoms. The number of nitrogens with zero attached hydrogens (tertiary/aromatic N) is 1. The van der Waals surface area contributed by atoms with Gasteiger partial charge in [0.1, 0.15) is 10.0 Å². The molecule has 3 aromatic rings. The molecule has 1 fully saturated rings. The highest BCUT2D eigenvalue weighted by molar-refractivity contribution is 7.94. The van der Waals surface area contributed by atoms with Crippen molar-refractivity contribution in [1.29, 1.82) is 0 Å². The van der Waals surface area contributed by atoms with Crippen molar-refractivity contribution in [1.82, 2.24) is 0 Å². The number of sulfonamides is 1. The molecule has 2 N–H and O–H groups in total. The molecular formula is C21H20FN3O4S2. The van der Waals surface area contributed by atoms with Gasteiger partial charge >= 0.3 is 0 Å². The summed E-state index contributed by atoms with van der Waals surface area (Å²) in [5.41, 5.74) is 1.47. The fraction of sp³-hybridized carbons (Fsp3) is 0.190. The van der Waals surface area contributed by atoms with Crippen LogP contribution in [0.25, 0.3) is 0 Å². The van der Waals surface area contributed by atoms with Crippen molar-refractivity contribution < 1.29 is 22.3 Å². The van der Waals surface area contributed by atoms with Crippen LogP contribution in [0, 0.1) is 5.82 Å². The first-order valence-corrected chi connectivity index (χ1v) is 11.9. The second kappa shape index (κ2) is 9.04. The average Bonchev–Trinajstić information content (AvgIpc) is 3.31. The highest BCUT2D eigenvalue weighted by Crippen LogP contribution is 2.25. The van der Waals surface area contributed by atoms with Gasteiger partial charge in [0.15, 0.2) is 0 Å². The number of morpholine rings is 1. The maximum Gasteiger partial charge on any atom is 0.271 e. The summed E-state index contributed by atoms with van der Waals surface area (Å²) >= 11 is 1.12. The molecule has 1 aromatic heterocycles. The molecule has 1 aliphatic rings. The number of benzene rings is 2. The van der Waals surface area contributed by atoms with E-state index in [1.54, 1.807) is 23.6 Å². The van der Waals surface area contributed by atoms with Gasteiger partial charge < -0.3 is 15.0 Å². The van der Waals surface area contributed by atoms with Crippen LogP contribution in [0.4, 0.5) is 21.5 Å². The fourth-order valence-corrected chi connectivity index (χ4v) is 5.21. The van der Waals surface area contributed by atoms with Crippen LogP contribution in [-0.4, -0.2) is 40.6 Å². The smallest absolute Gasteiger partial charge is 0.271 e. The third-order valence-corrected chi connectivity index (χ3v) is 7.50. The average molecular weight is 462 g/mol. The summed E-state index contributed by atoms with van der Waals surface area (Å²) in [5.74, 6) is -0.843. The highest BCUT2D eigenvalue weighted by Gasteiger charge is 2.17. The topological polar surface area (TPSA) is 87.7 Å². The Hall–Kier alpha value is -2.95. The van der Waals surface area contributed by atoms with Crippen molar-refractivity contribution in [2.24, 2.45) is 0 Å². The Morgan fingerprint density at radius 3 is 2.39 bits per heavy atom. The van der Waals surface area contributed by atoms with E-state index in [0.717, 1.165) is 11.3 Å². The fourth-order valence-electron chi connectivity index (χ4n) is 3.16. The summed E-state index contributed by atoms with van der Waals surface area (Å²) in [5, 5.41) is 4.34. The van der Waals surface area contributed by atoms with Gasteiger partial charge in [-0.05, 0) is 53.9 Å². The number of hydrogen-bond donors (Lipinski definition) is 2. The van der Waals surface area contributed by atoms with E-state index in [1.165, 1.54) is 36.4 Å². The number of carbonyl (C=O) groups is 1. The Labute approximate surface area is 183 Å². The first-order chi connectivity index (χ1) is 14.9. The van der Waals surface area contributed by atoms with Crippen LogP contribution in [0.1, 0.15) is 10.4 Å². The van der Waals surface area contributed by atoms with E-state index in [2.05, 4.69) is 10.0 Å².